The quantitative estimate of drug-likeness (QED) is 0.296. The van der Waals surface area contributed by atoms with E-state index in [-0.39, 0.29) is 5.91 Å². The lowest BCUT2D eigenvalue weighted by Gasteiger charge is -2.12. The first-order valence-corrected chi connectivity index (χ1v) is 11.0. The molecule has 0 aliphatic heterocycles. The number of amides is 1. The van der Waals surface area contributed by atoms with Crippen molar-refractivity contribution in [2.75, 3.05) is 10.6 Å². The number of thiophene rings is 1. The van der Waals surface area contributed by atoms with Crippen LogP contribution in [0.5, 0.6) is 0 Å². The van der Waals surface area contributed by atoms with Crippen molar-refractivity contribution in [1.29, 1.82) is 5.26 Å². The molecule has 1 aromatic carbocycles. The van der Waals surface area contributed by atoms with Crippen molar-refractivity contribution in [2.24, 2.45) is 0 Å². The van der Waals surface area contributed by atoms with Crippen LogP contribution in [0.1, 0.15) is 16.0 Å². The van der Waals surface area contributed by atoms with Crippen molar-refractivity contribution in [3.8, 4) is 6.07 Å². The molecule has 1 amide bonds. The minimum absolute atomic E-state index is 0.238. The molecule has 4 aromatic heterocycles. The molecule has 0 spiro atoms. The molecule has 5 aromatic rings. The van der Waals surface area contributed by atoms with Gasteiger partial charge in [-0.1, -0.05) is 0 Å². The van der Waals surface area contributed by atoms with Crippen LogP contribution in [0.15, 0.2) is 67.3 Å². The number of hydrogen-bond donors (Lipinski definition) is 3. The van der Waals surface area contributed by atoms with Gasteiger partial charge in [-0.25, -0.2) is 4.98 Å². The highest BCUT2D eigenvalue weighted by Gasteiger charge is 2.14. The maximum atomic E-state index is 12.2. The molecule has 0 atom stereocenters. The van der Waals surface area contributed by atoms with Gasteiger partial charge in [0.25, 0.3) is 0 Å². The van der Waals surface area contributed by atoms with E-state index < -0.39 is 0 Å². The summed E-state index contributed by atoms with van der Waals surface area (Å²) in [5, 5.41) is 17.9. The Morgan fingerprint density at radius 3 is 2.85 bits per heavy atom. The third-order valence-electron chi connectivity index (χ3n) is 5.31. The smallest absolute Gasteiger partial charge is 0.248 e. The Balaban J connectivity index is 1.47. The van der Waals surface area contributed by atoms with Gasteiger partial charge in [-0.3, -0.25) is 9.78 Å². The van der Waals surface area contributed by atoms with Crippen molar-refractivity contribution < 1.29 is 4.79 Å². The SMILES string of the molecule is Cc1c(Nc2c(C#N)cnc3sc(/C=C/C(=O)Nc4ccncc4)cc23)ccc2[nH]ccc12. The summed E-state index contributed by atoms with van der Waals surface area (Å²) in [5.41, 5.74) is 4.92. The van der Waals surface area contributed by atoms with Crippen molar-refractivity contribution in [3.63, 3.8) is 0 Å². The molecule has 0 fully saturated rings. The number of fused-ring (bicyclic) bond motifs is 2. The topological polar surface area (TPSA) is 106 Å². The zero-order valence-electron chi connectivity index (χ0n) is 17.6. The lowest BCUT2D eigenvalue weighted by Crippen LogP contribution is -2.07. The van der Waals surface area contributed by atoms with E-state index in [4.69, 9.17) is 0 Å². The highest BCUT2D eigenvalue weighted by Crippen LogP contribution is 2.36. The van der Waals surface area contributed by atoms with Crippen molar-refractivity contribution in [1.82, 2.24) is 15.0 Å². The Morgan fingerprint density at radius 1 is 1.18 bits per heavy atom. The summed E-state index contributed by atoms with van der Waals surface area (Å²) in [7, 11) is 0. The van der Waals surface area contributed by atoms with E-state index >= 15 is 0 Å². The van der Waals surface area contributed by atoms with Crippen LogP contribution in [0.4, 0.5) is 17.1 Å². The second-order valence-electron chi connectivity index (χ2n) is 7.39. The molecule has 0 bridgehead atoms. The molecular weight excluding hydrogens is 432 g/mol. The van der Waals surface area contributed by atoms with Crippen molar-refractivity contribution in [2.45, 2.75) is 6.92 Å². The van der Waals surface area contributed by atoms with E-state index in [9.17, 15) is 10.1 Å². The maximum Gasteiger partial charge on any atom is 0.248 e. The monoisotopic (exact) mass is 450 g/mol. The van der Waals surface area contributed by atoms with Crippen LogP contribution < -0.4 is 10.6 Å². The van der Waals surface area contributed by atoms with Gasteiger partial charge in [-0.2, -0.15) is 5.26 Å². The normalized spacial score (nSPS) is 11.2. The number of aryl methyl sites for hydroxylation is 1. The third-order valence-corrected chi connectivity index (χ3v) is 6.32. The number of pyridine rings is 2. The van der Waals surface area contributed by atoms with Crippen LogP contribution >= 0.6 is 11.3 Å². The first-order chi connectivity index (χ1) is 16.1. The summed E-state index contributed by atoms with van der Waals surface area (Å²) in [6.45, 7) is 2.05. The first-order valence-electron chi connectivity index (χ1n) is 10.2. The Kier molecular flexibility index (Phi) is 5.30. The molecule has 0 unspecified atom stereocenters. The number of nitrogens with zero attached hydrogens (tertiary/aromatic N) is 3. The largest absolute Gasteiger partial charge is 0.361 e. The van der Waals surface area contributed by atoms with E-state index in [1.54, 1.807) is 36.8 Å². The highest BCUT2D eigenvalue weighted by molar-refractivity contribution is 7.19. The Labute approximate surface area is 193 Å². The zero-order chi connectivity index (χ0) is 22.8. The number of aromatic nitrogens is 3. The maximum absolute atomic E-state index is 12.2. The van der Waals surface area contributed by atoms with E-state index in [0.717, 1.165) is 37.2 Å². The average Bonchev–Trinajstić information content (AvgIpc) is 3.48. The molecule has 4 heterocycles. The van der Waals surface area contributed by atoms with Gasteiger partial charge >= 0.3 is 0 Å². The number of carbonyl (C=O) groups is 1. The number of carbonyl (C=O) groups excluding carboxylic acids is 1. The van der Waals surface area contributed by atoms with E-state index in [2.05, 4.69) is 31.7 Å². The van der Waals surface area contributed by atoms with Gasteiger partial charge in [-0.05, 0) is 55.0 Å². The van der Waals surface area contributed by atoms with Crippen LogP contribution in [0.25, 0.3) is 27.2 Å². The standard InChI is InChI=1S/C25H18N6OS/c1-15-19-8-11-28-22(19)4-3-21(15)31-24-16(13-26)14-29-25-20(24)12-18(33-25)2-5-23(32)30-17-6-9-27-10-7-17/h2-12,14,28H,1H3,(H,29,31)(H,27,30,32)/b5-2+. The number of anilines is 3. The minimum Gasteiger partial charge on any atom is -0.361 e. The predicted molar refractivity (Wildman–Crippen MR) is 133 cm³/mol. The summed E-state index contributed by atoms with van der Waals surface area (Å²) >= 11 is 1.46. The van der Waals surface area contributed by atoms with Crippen LogP contribution in [-0.4, -0.2) is 20.9 Å². The van der Waals surface area contributed by atoms with Crippen LogP contribution in [0.3, 0.4) is 0 Å². The molecule has 33 heavy (non-hydrogen) atoms. The number of aromatic amines is 1. The Hall–Kier alpha value is -4.48. The fourth-order valence-corrected chi connectivity index (χ4v) is 4.55. The minimum atomic E-state index is -0.238. The van der Waals surface area contributed by atoms with Gasteiger partial charge < -0.3 is 15.6 Å². The lowest BCUT2D eigenvalue weighted by molar-refractivity contribution is -0.111. The molecule has 5 rings (SSSR count). The number of H-pyrrole nitrogens is 1. The van der Waals surface area contributed by atoms with Gasteiger partial charge in [0.1, 0.15) is 10.9 Å². The third kappa shape index (κ3) is 4.05. The van der Waals surface area contributed by atoms with Gasteiger partial charge in [-0.15, -0.1) is 11.3 Å². The number of nitriles is 1. The fourth-order valence-electron chi connectivity index (χ4n) is 3.64. The molecule has 160 valence electrons. The van der Waals surface area contributed by atoms with Gasteiger partial charge in [0, 0.05) is 63.4 Å². The summed E-state index contributed by atoms with van der Waals surface area (Å²) in [5.74, 6) is -0.238. The summed E-state index contributed by atoms with van der Waals surface area (Å²) in [6, 6.07) is 13.7. The van der Waals surface area contributed by atoms with Crippen LogP contribution in [0.2, 0.25) is 0 Å². The molecular formula is C25H18N6OS. The number of rotatable bonds is 5. The second-order valence-corrected chi connectivity index (χ2v) is 8.45. The van der Waals surface area contributed by atoms with E-state index in [1.807, 2.05) is 37.4 Å². The summed E-state index contributed by atoms with van der Waals surface area (Å²) in [4.78, 5) is 25.5. The Morgan fingerprint density at radius 2 is 2.03 bits per heavy atom. The van der Waals surface area contributed by atoms with Gasteiger partial charge in [0.05, 0.1) is 11.3 Å². The second kappa shape index (κ2) is 8.57. The Bertz CT molecular complexity index is 1560. The number of benzene rings is 1. The summed E-state index contributed by atoms with van der Waals surface area (Å²) < 4.78 is 0. The van der Waals surface area contributed by atoms with Crippen molar-refractivity contribution in [3.05, 3.63) is 83.3 Å². The molecule has 8 heteroatoms. The van der Waals surface area contributed by atoms with Crippen LogP contribution in [0, 0.1) is 18.3 Å². The first kappa shape index (κ1) is 20.4. The molecule has 0 radical (unpaired) electrons. The molecule has 7 nitrogen and oxygen atoms in total. The fraction of sp³-hybridized carbons (Fsp3) is 0.0400. The zero-order valence-corrected chi connectivity index (χ0v) is 18.4. The highest BCUT2D eigenvalue weighted by atomic mass is 32.1. The van der Waals surface area contributed by atoms with Crippen LogP contribution in [-0.2, 0) is 4.79 Å². The lowest BCUT2D eigenvalue weighted by atomic mass is 10.1. The molecule has 0 saturated carbocycles. The number of hydrogen-bond acceptors (Lipinski definition) is 6. The predicted octanol–water partition coefficient (Wildman–Crippen LogP) is 5.75. The van der Waals surface area contributed by atoms with Gasteiger partial charge in [0.15, 0.2) is 0 Å². The molecule has 0 saturated heterocycles. The molecule has 3 N–H and O–H groups in total. The van der Waals surface area contributed by atoms with E-state index in [0.29, 0.717) is 16.9 Å². The van der Waals surface area contributed by atoms with Gasteiger partial charge in [0.2, 0.25) is 5.91 Å². The average molecular weight is 451 g/mol. The van der Waals surface area contributed by atoms with Crippen molar-refractivity contribution >= 4 is 61.5 Å². The summed E-state index contributed by atoms with van der Waals surface area (Å²) in [6.07, 6.45) is 9.95. The van der Waals surface area contributed by atoms with E-state index in [1.165, 1.54) is 17.4 Å². The molecule has 0 aliphatic rings. The number of nitrogens with one attached hydrogen (secondary N) is 3. The molecule has 0 aliphatic carbocycles.